The molecule has 1 saturated heterocycles. The summed E-state index contributed by atoms with van der Waals surface area (Å²) in [5.74, 6) is -0.304. The topological polar surface area (TPSA) is 78.7 Å². The number of hydrogen-bond acceptors (Lipinski definition) is 4. The van der Waals surface area contributed by atoms with Crippen LogP contribution in [-0.4, -0.2) is 60.4 Å². The van der Waals surface area contributed by atoms with Gasteiger partial charge in [-0.2, -0.15) is 0 Å². The summed E-state index contributed by atoms with van der Waals surface area (Å²) in [6.45, 7) is 4.91. The molecule has 2 rings (SSSR count). The second-order valence-corrected chi connectivity index (χ2v) is 5.32. The average Bonchev–Trinajstić information content (AvgIpc) is 2.94. The predicted octanol–water partition coefficient (Wildman–Crippen LogP) is -0.338. The van der Waals surface area contributed by atoms with Crippen molar-refractivity contribution in [1.82, 2.24) is 15.1 Å². The lowest BCUT2D eigenvalue weighted by atomic mass is 10.1. The van der Waals surface area contributed by atoms with Gasteiger partial charge in [0, 0.05) is 31.9 Å². The molecule has 6 nitrogen and oxygen atoms in total. The van der Waals surface area contributed by atoms with Crippen LogP contribution >= 0.6 is 0 Å². The molecule has 2 aliphatic rings. The molecule has 0 aromatic heterocycles. The van der Waals surface area contributed by atoms with Crippen LogP contribution < -0.4 is 11.1 Å². The van der Waals surface area contributed by atoms with Crippen LogP contribution in [0, 0.1) is 0 Å². The van der Waals surface area contributed by atoms with Gasteiger partial charge in [0.25, 0.3) is 0 Å². The minimum atomic E-state index is -0.385. The monoisotopic (exact) mass is 280 g/mol. The predicted molar refractivity (Wildman–Crippen MR) is 76.7 cm³/mol. The zero-order valence-electron chi connectivity index (χ0n) is 12.1. The molecule has 6 heteroatoms. The minimum absolute atomic E-state index is 0.0637. The van der Waals surface area contributed by atoms with Gasteiger partial charge in [0.05, 0.1) is 6.54 Å². The summed E-state index contributed by atoms with van der Waals surface area (Å²) in [4.78, 5) is 27.6. The Bertz CT molecular complexity index is 408. The Balaban J connectivity index is 1.99. The number of rotatable bonds is 5. The Morgan fingerprint density at radius 3 is 2.95 bits per heavy atom. The Kier molecular flexibility index (Phi) is 5.14. The van der Waals surface area contributed by atoms with Crippen LogP contribution in [0.2, 0.25) is 0 Å². The lowest BCUT2D eigenvalue weighted by molar-refractivity contribution is -0.133. The van der Waals surface area contributed by atoms with E-state index < -0.39 is 0 Å². The zero-order chi connectivity index (χ0) is 14.5. The summed E-state index contributed by atoms with van der Waals surface area (Å²) in [6, 6.07) is -0.385. The molecule has 1 atom stereocenters. The molecular weight excluding hydrogens is 256 g/mol. The molecule has 0 saturated carbocycles. The maximum atomic E-state index is 12.5. The van der Waals surface area contributed by atoms with E-state index in [1.165, 1.54) is 0 Å². The summed E-state index contributed by atoms with van der Waals surface area (Å²) in [6.07, 6.45) is 5.29. The third-order valence-corrected chi connectivity index (χ3v) is 4.00. The van der Waals surface area contributed by atoms with Crippen molar-refractivity contribution in [2.24, 2.45) is 5.73 Å². The fraction of sp³-hybridized carbons (Fsp3) is 0.714. The number of nitrogens with one attached hydrogen (secondary N) is 1. The van der Waals surface area contributed by atoms with Crippen LogP contribution in [0.4, 0.5) is 0 Å². The fourth-order valence-electron chi connectivity index (χ4n) is 2.91. The average molecular weight is 280 g/mol. The highest BCUT2D eigenvalue weighted by atomic mass is 16.2. The summed E-state index contributed by atoms with van der Waals surface area (Å²) in [5, 5.41) is 3.14. The highest BCUT2D eigenvalue weighted by molar-refractivity contribution is 5.83. The molecule has 1 aliphatic carbocycles. The van der Waals surface area contributed by atoms with E-state index in [-0.39, 0.29) is 24.4 Å². The van der Waals surface area contributed by atoms with E-state index in [0.29, 0.717) is 19.6 Å². The maximum absolute atomic E-state index is 12.5. The van der Waals surface area contributed by atoms with Gasteiger partial charge in [0.1, 0.15) is 6.04 Å². The Labute approximate surface area is 120 Å². The van der Waals surface area contributed by atoms with Crippen LogP contribution in [0.5, 0.6) is 0 Å². The number of carbonyl (C=O) groups excluding carboxylic acids is 2. The van der Waals surface area contributed by atoms with E-state index in [1.54, 1.807) is 0 Å². The third kappa shape index (κ3) is 3.37. The third-order valence-electron chi connectivity index (χ3n) is 4.00. The maximum Gasteiger partial charge on any atom is 0.240 e. The SMILES string of the molecule is CCN(C(=O)CN1CCNCC1C(N)=O)C1=CCCC1. The number of allylic oxidation sites excluding steroid dienone is 2. The standard InChI is InChI=1S/C14H24N4O2/c1-2-18(11-5-3-4-6-11)13(19)10-17-8-7-16-9-12(17)14(15)20/h5,12,16H,2-4,6-10H2,1H3,(H2,15,20). The molecule has 20 heavy (non-hydrogen) atoms. The molecule has 1 aliphatic heterocycles. The minimum Gasteiger partial charge on any atom is -0.368 e. The molecule has 0 bridgehead atoms. The lowest BCUT2D eigenvalue weighted by Gasteiger charge is -2.35. The van der Waals surface area contributed by atoms with Crippen molar-refractivity contribution in [3.8, 4) is 0 Å². The van der Waals surface area contributed by atoms with Crippen molar-refractivity contribution in [2.75, 3.05) is 32.7 Å². The zero-order valence-corrected chi connectivity index (χ0v) is 12.1. The van der Waals surface area contributed by atoms with Gasteiger partial charge in [-0.3, -0.25) is 14.5 Å². The molecule has 0 aromatic rings. The molecule has 0 aromatic carbocycles. The molecule has 0 spiro atoms. The van der Waals surface area contributed by atoms with Crippen LogP contribution in [-0.2, 0) is 9.59 Å². The van der Waals surface area contributed by atoms with Gasteiger partial charge in [-0.1, -0.05) is 6.08 Å². The molecular formula is C14H24N4O2. The molecule has 1 unspecified atom stereocenters. The van der Waals surface area contributed by atoms with Gasteiger partial charge in [0.2, 0.25) is 11.8 Å². The van der Waals surface area contributed by atoms with Crippen molar-refractivity contribution in [1.29, 1.82) is 0 Å². The van der Waals surface area contributed by atoms with Crippen LogP contribution in [0.15, 0.2) is 11.8 Å². The number of primary amides is 1. The van der Waals surface area contributed by atoms with Gasteiger partial charge in [-0.25, -0.2) is 0 Å². The number of piperazine rings is 1. The number of nitrogens with zero attached hydrogens (tertiary/aromatic N) is 2. The Morgan fingerprint density at radius 1 is 1.55 bits per heavy atom. The Morgan fingerprint density at radius 2 is 2.35 bits per heavy atom. The highest BCUT2D eigenvalue weighted by Gasteiger charge is 2.30. The van der Waals surface area contributed by atoms with Crippen LogP contribution in [0.25, 0.3) is 0 Å². The van der Waals surface area contributed by atoms with Crippen molar-refractivity contribution < 1.29 is 9.59 Å². The molecule has 0 radical (unpaired) electrons. The number of amides is 2. The molecule has 2 amide bonds. The molecule has 3 N–H and O–H groups in total. The van der Waals surface area contributed by atoms with Crippen molar-refractivity contribution in [2.45, 2.75) is 32.2 Å². The summed E-state index contributed by atoms with van der Waals surface area (Å²) >= 11 is 0. The van der Waals surface area contributed by atoms with Gasteiger partial charge in [0.15, 0.2) is 0 Å². The van der Waals surface area contributed by atoms with E-state index in [0.717, 1.165) is 31.5 Å². The molecule has 1 heterocycles. The van der Waals surface area contributed by atoms with Crippen molar-refractivity contribution >= 4 is 11.8 Å². The van der Waals surface area contributed by atoms with E-state index in [9.17, 15) is 9.59 Å². The smallest absolute Gasteiger partial charge is 0.240 e. The van der Waals surface area contributed by atoms with Crippen molar-refractivity contribution in [3.63, 3.8) is 0 Å². The van der Waals surface area contributed by atoms with E-state index in [4.69, 9.17) is 5.73 Å². The molecule has 112 valence electrons. The summed E-state index contributed by atoms with van der Waals surface area (Å²) < 4.78 is 0. The number of nitrogens with two attached hydrogens (primary N) is 1. The lowest BCUT2D eigenvalue weighted by Crippen LogP contribution is -2.58. The molecule has 1 fully saturated rings. The van der Waals surface area contributed by atoms with Gasteiger partial charge in [-0.05, 0) is 26.2 Å². The second kappa shape index (κ2) is 6.85. The van der Waals surface area contributed by atoms with Crippen LogP contribution in [0.3, 0.4) is 0 Å². The first kappa shape index (κ1) is 15.0. The quantitative estimate of drug-likeness (QED) is 0.722. The van der Waals surface area contributed by atoms with Gasteiger partial charge >= 0.3 is 0 Å². The first-order chi connectivity index (χ1) is 9.63. The normalized spacial score (nSPS) is 23.4. The van der Waals surface area contributed by atoms with Gasteiger partial charge < -0.3 is 16.0 Å². The summed E-state index contributed by atoms with van der Waals surface area (Å²) in [7, 11) is 0. The summed E-state index contributed by atoms with van der Waals surface area (Å²) in [5.41, 5.74) is 6.54. The number of likely N-dealkylation sites (N-methyl/N-ethyl adjacent to an activating group) is 1. The van der Waals surface area contributed by atoms with Crippen LogP contribution in [0.1, 0.15) is 26.2 Å². The fourth-order valence-corrected chi connectivity index (χ4v) is 2.91. The number of carbonyl (C=O) groups is 2. The van der Waals surface area contributed by atoms with Gasteiger partial charge in [-0.15, -0.1) is 0 Å². The van der Waals surface area contributed by atoms with E-state index >= 15 is 0 Å². The highest BCUT2D eigenvalue weighted by Crippen LogP contribution is 2.21. The first-order valence-electron chi connectivity index (χ1n) is 7.37. The first-order valence-corrected chi connectivity index (χ1v) is 7.37. The van der Waals surface area contributed by atoms with E-state index in [2.05, 4.69) is 11.4 Å². The second-order valence-electron chi connectivity index (χ2n) is 5.32. The Hall–Kier alpha value is -1.40. The largest absolute Gasteiger partial charge is 0.368 e. The van der Waals surface area contributed by atoms with Crippen molar-refractivity contribution in [3.05, 3.63) is 11.8 Å². The number of hydrogen-bond donors (Lipinski definition) is 2. The van der Waals surface area contributed by atoms with E-state index in [1.807, 2.05) is 16.7 Å².